The van der Waals surface area contributed by atoms with Gasteiger partial charge in [-0.2, -0.15) is 0 Å². The molecule has 49 heavy (non-hydrogen) atoms. The van der Waals surface area contributed by atoms with Crippen LogP contribution in [0.1, 0.15) is 0 Å². The lowest BCUT2D eigenvalue weighted by atomic mass is 9.96. The average molecular weight is 627 g/mol. The zero-order valence-electron chi connectivity index (χ0n) is 26.2. The number of rotatable bonds is 4. The number of nitrogens with zero attached hydrogens (tertiary/aromatic N) is 4. The molecule has 0 amide bonds. The maximum absolute atomic E-state index is 6.53. The first kappa shape index (κ1) is 27.4. The molecule has 2 aromatic heterocycles. The van der Waals surface area contributed by atoms with Gasteiger partial charge in [-0.3, -0.25) is 0 Å². The summed E-state index contributed by atoms with van der Waals surface area (Å²) < 4.78 is 6.53. The van der Waals surface area contributed by atoms with Gasteiger partial charge in [0.15, 0.2) is 23.1 Å². The summed E-state index contributed by atoms with van der Waals surface area (Å²) in [5.41, 5.74) is 5.14. The lowest BCUT2D eigenvalue weighted by Gasteiger charge is -2.13. The molecule has 8 aromatic carbocycles. The number of aromatic nitrogens is 4. The fourth-order valence-electron chi connectivity index (χ4n) is 6.96. The Balaban J connectivity index is 1.27. The van der Waals surface area contributed by atoms with Gasteiger partial charge in [0.2, 0.25) is 5.89 Å². The van der Waals surface area contributed by atoms with Crippen molar-refractivity contribution in [2.24, 2.45) is 0 Å². The van der Waals surface area contributed by atoms with Gasteiger partial charge in [0.1, 0.15) is 5.52 Å². The topological polar surface area (TPSA) is 64.7 Å². The van der Waals surface area contributed by atoms with Crippen molar-refractivity contribution in [3.05, 3.63) is 158 Å². The van der Waals surface area contributed by atoms with Gasteiger partial charge in [-0.15, -0.1) is 0 Å². The largest absolute Gasteiger partial charge is 0.435 e. The quantitative estimate of drug-likeness (QED) is 0.182. The summed E-state index contributed by atoms with van der Waals surface area (Å²) in [6.45, 7) is 0. The number of fused-ring (bicyclic) bond motifs is 7. The van der Waals surface area contributed by atoms with E-state index in [9.17, 15) is 0 Å². The Morgan fingerprint density at radius 2 is 1.02 bits per heavy atom. The summed E-state index contributed by atoms with van der Waals surface area (Å²) in [5, 5.41) is 8.80. The zero-order chi connectivity index (χ0) is 32.3. The molecule has 0 aliphatic rings. The van der Waals surface area contributed by atoms with E-state index in [4.69, 9.17) is 24.4 Å². The van der Waals surface area contributed by atoms with Crippen LogP contribution in [0.4, 0.5) is 0 Å². The summed E-state index contributed by atoms with van der Waals surface area (Å²) in [6.07, 6.45) is 0. The van der Waals surface area contributed by atoms with Crippen molar-refractivity contribution in [3.63, 3.8) is 0 Å². The molecular weight excluding hydrogens is 601 g/mol. The van der Waals surface area contributed by atoms with Crippen molar-refractivity contribution < 1.29 is 4.42 Å². The Kier molecular flexibility index (Phi) is 6.11. The molecule has 228 valence electrons. The SMILES string of the molecule is c1ccc(-c2nc3ccc4cccc(-c5nc(-c6ccc7ccccc7c6)nc(-c6cc7ccccc7c7ccccc67)n5)c4c3o2)cc1. The first-order valence-electron chi connectivity index (χ1n) is 16.3. The molecule has 0 N–H and O–H groups in total. The van der Waals surface area contributed by atoms with Gasteiger partial charge in [0.25, 0.3) is 0 Å². The van der Waals surface area contributed by atoms with Gasteiger partial charge >= 0.3 is 0 Å². The number of benzene rings is 8. The highest BCUT2D eigenvalue weighted by atomic mass is 16.3. The number of hydrogen-bond acceptors (Lipinski definition) is 5. The first-order valence-corrected chi connectivity index (χ1v) is 16.3. The van der Waals surface area contributed by atoms with Crippen LogP contribution in [0.5, 0.6) is 0 Å². The fraction of sp³-hybridized carbons (Fsp3) is 0. The lowest BCUT2D eigenvalue weighted by Crippen LogP contribution is -2.01. The van der Waals surface area contributed by atoms with Gasteiger partial charge < -0.3 is 4.42 Å². The third-order valence-electron chi connectivity index (χ3n) is 9.31. The van der Waals surface area contributed by atoms with E-state index in [-0.39, 0.29) is 0 Å². The van der Waals surface area contributed by atoms with E-state index in [1.807, 2.05) is 42.5 Å². The second-order valence-electron chi connectivity index (χ2n) is 12.3. The van der Waals surface area contributed by atoms with E-state index in [1.165, 1.54) is 5.39 Å². The van der Waals surface area contributed by atoms with Crippen LogP contribution in [-0.4, -0.2) is 19.9 Å². The molecule has 0 fully saturated rings. The van der Waals surface area contributed by atoms with Crippen LogP contribution in [0.3, 0.4) is 0 Å². The van der Waals surface area contributed by atoms with Crippen LogP contribution >= 0.6 is 0 Å². The minimum Gasteiger partial charge on any atom is -0.435 e. The van der Waals surface area contributed by atoms with E-state index in [0.29, 0.717) is 28.9 Å². The molecule has 0 saturated carbocycles. The molecule has 5 heteroatoms. The Hall–Kier alpha value is -6.72. The number of oxazole rings is 1. The smallest absolute Gasteiger partial charge is 0.227 e. The third-order valence-corrected chi connectivity index (χ3v) is 9.31. The summed E-state index contributed by atoms with van der Waals surface area (Å²) in [7, 11) is 0. The zero-order valence-corrected chi connectivity index (χ0v) is 26.2. The molecule has 0 radical (unpaired) electrons. The van der Waals surface area contributed by atoms with Crippen LogP contribution in [0, 0.1) is 0 Å². The molecule has 10 rings (SSSR count). The van der Waals surface area contributed by atoms with Crippen LogP contribution in [0.25, 0.3) is 99.8 Å². The summed E-state index contributed by atoms with van der Waals surface area (Å²) in [5.74, 6) is 2.37. The third kappa shape index (κ3) is 4.55. The highest BCUT2D eigenvalue weighted by Crippen LogP contribution is 2.38. The van der Waals surface area contributed by atoms with Crippen molar-refractivity contribution in [3.8, 4) is 45.6 Å². The molecule has 2 heterocycles. The molecule has 0 saturated heterocycles. The van der Waals surface area contributed by atoms with E-state index in [2.05, 4.69) is 115 Å². The fourth-order valence-corrected chi connectivity index (χ4v) is 6.96. The predicted octanol–water partition coefficient (Wildman–Crippen LogP) is 11.3. The van der Waals surface area contributed by atoms with Gasteiger partial charge in [-0.05, 0) is 68.0 Å². The Bertz CT molecular complexity index is 2890. The standard InChI is InChI=1S/C44H26N4O/c1-2-12-29(13-3-1)44-45-38-24-23-28-16-10-20-36(39(28)40(38)49-44)42-46-41(32-22-21-27-11-4-5-14-30(27)25-32)47-43(48-42)37-26-31-15-6-7-17-33(31)34-18-8-9-19-35(34)37/h1-26H. The maximum Gasteiger partial charge on any atom is 0.227 e. The predicted molar refractivity (Wildman–Crippen MR) is 199 cm³/mol. The van der Waals surface area contributed by atoms with Crippen molar-refractivity contribution in [2.75, 3.05) is 0 Å². The molecule has 0 bridgehead atoms. The van der Waals surface area contributed by atoms with Gasteiger partial charge in [-0.25, -0.2) is 19.9 Å². The van der Waals surface area contributed by atoms with E-state index in [0.717, 1.165) is 65.5 Å². The molecule has 0 unspecified atom stereocenters. The Morgan fingerprint density at radius 1 is 0.367 bits per heavy atom. The second kappa shape index (κ2) is 10.9. The van der Waals surface area contributed by atoms with Crippen LogP contribution in [0.2, 0.25) is 0 Å². The van der Waals surface area contributed by atoms with Gasteiger partial charge in [-0.1, -0.05) is 127 Å². The van der Waals surface area contributed by atoms with Crippen LogP contribution in [-0.2, 0) is 0 Å². The van der Waals surface area contributed by atoms with Crippen molar-refractivity contribution in [2.45, 2.75) is 0 Å². The van der Waals surface area contributed by atoms with Crippen molar-refractivity contribution in [1.82, 2.24) is 19.9 Å². The minimum atomic E-state index is 0.571. The summed E-state index contributed by atoms with van der Waals surface area (Å²) >= 11 is 0. The summed E-state index contributed by atoms with van der Waals surface area (Å²) in [4.78, 5) is 20.5. The maximum atomic E-state index is 6.53. The van der Waals surface area contributed by atoms with E-state index in [1.54, 1.807) is 0 Å². The molecule has 0 atom stereocenters. The monoisotopic (exact) mass is 626 g/mol. The average Bonchev–Trinajstić information content (AvgIpc) is 3.62. The molecule has 0 aliphatic heterocycles. The molecular formula is C44H26N4O. The van der Waals surface area contributed by atoms with E-state index >= 15 is 0 Å². The van der Waals surface area contributed by atoms with Gasteiger partial charge in [0.05, 0.1) is 0 Å². The second-order valence-corrected chi connectivity index (χ2v) is 12.3. The number of hydrogen-bond donors (Lipinski definition) is 0. The van der Waals surface area contributed by atoms with Crippen LogP contribution < -0.4 is 0 Å². The van der Waals surface area contributed by atoms with Crippen molar-refractivity contribution >= 4 is 54.2 Å². The first-order chi connectivity index (χ1) is 24.3. The minimum absolute atomic E-state index is 0.571. The Morgan fingerprint density at radius 3 is 1.88 bits per heavy atom. The lowest BCUT2D eigenvalue weighted by molar-refractivity contribution is 0.623. The van der Waals surface area contributed by atoms with Crippen LogP contribution in [0.15, 0.2) is 162 Å². The highest BCUT2D eigenvalue weighted by molar-refractivity contribution is 6.14. The van der Waals surface area contributed by atoms with Crippen molar-refractivity contribution in [1.29, 1.82) is 0 Å². The van der Waals surface area contributed by atoms with Gasteiger partial charge in [0, 0.05) is 27.6 Å². The summed E-state index contributed by atoms with van der Waals surface area (Å²) in [6, 6.07) is 54.2. The van der Waals surface area contributed by atoms with E-state index < -0.39 is 0 Å². The molecule has 5 nitrogen and oxygen atoms in total. The molecule has 0 aliphatic carbocycles. The Labute approximate surface area is 281 Å². The highest BCUT2D eigenvalue weighted by Gasteiger charge is 2.20. The molecule has 0 spiro atoms. The molecule has 10 aromatic rings. The normalized spacial score (nSPS) is 11.7.